The molecule has 0 amide bonds. The molecule has 1 rings (SSSR count). The SMILES string of the molecule is CC.CC(=N)c1cccnc1N.[HH]. The first kappa shape index (κ1) is 10.6. The van der Waals surface area contributed by atoms with Crippen LogP contribution in [0, 0.1) is 5.41 Å². The van der Waals surface area contributed by atoms with Crippen LogP contribution in [0.5, 0.6) is 0 Å². The molecule has 1 heterocycles. The lowest BCUT2D eigenvalue weighted by molar-refractivity contribution is 1.31. The number of nitrogens with two attached hydrogens (primary N) is 1. The molecule has 3 heteroatoms. The Hall–Kier alpha value is -1.38. The van der Waals surface area contributed by atoms with Crippen molar-refractivity contribution in [2.24, 2.45) is 0 Å². The number of hydrogen-bond donors (Lipinski definition) is 2. The van der Waals surface area contributed by atoms with Crippen LogP contribution in [-0.4, -0.2) is 10.7 Å². The summed E-state index contributed by atoms with van der Waals surface area (Å²) in [5, 5.41) is 7.26. The minimum absolute atomic E-state index is 0. The van der Waals surface area contributed by atoms with Crippen LogP contribution in [0.2, 0.25) is 0 Å². The van der Waals surface area contributed by atoms with Gasteiger partial charge >= 0.3 is 0 Å². The fourth-order valence-electron chi connectivity index (χ4n) is 0.735. The van der Waals surface area contributed by atoms with Crippen LogP contribution in [0.3, 0.4) is 0 Å². The van der Waals surface area contributed by atoms with Gasteiger partial charge in [-0.25, -0.2) is 4.98 Å². The molecule has 12 heavy (non-hydrogen) atoms. The van der Waals surface area contributed by atoms with Crippen LogP contribution in [0.1, 0.15) is 27.8 Å². The Balaban J connectivity index is 0. The summed E-state index contributed by atoms with van der Waals surface area (Å²) >= 11 is 0. The number of rotatable bonds is 1. The van der Waals surface area contributed by atoms with Gasteiger partial charge < -0.3 is 11.1 Å². The minimum atomic E-state index is 0. The molecule has 1 aromatic heterocycles. The van der Waals surface area contributed by atoms with Crippen molar-refractivity contribution in [2.45, 2.75) is 20.8 Å². The highest BCUT2D eigenvalue weighted by Crippen LogP contribution is 2.06. The average Bonchev–Trinajstić information content (AvgIpc) is 2.08. The average molecular weight is 167 g/mol. The van der Waals surface area contributed by atoms with Gasteiger partial charge in [-0.15, -0.1) is 0 Å². The second-order valence-corrected chi connectivity index (χ2v) is 2.06. The summed E-state index contributed by atoms with van der Waals surface area (Å²) < 4.78 is 0. The van der Waals surface area contributed by atoms with Crippen molar-refractivity contribution >= 4 is 11.5 Å². The third-order valence-electron chi connectivity index (χ3n) is 1.24. The van der Waals surface area contributed by atoms with E-state index in [1.807, 2.05) is 13.8 Å². The predicted molar refractivity (Wildman–Crippen MR) is 54.6 cm³/mol. The van der Waals surface area contributed by atoms with Crippen molar-refractivity contribution in [2.75, 3.05) is 5.73 Å². The van der Waals surface area contributed by atoms with Crippen molar-refractivity contribution in [3.63, 3.8) is 0 Å². The fraction of sp³-hybridized carbons (Fsp3) is 0.333. The smallest absolute Gasteiger partial charge is 0.132 e. The maximum atomic E-state index is 7.26. The number of hydrogen-bond acceptors (Lipinski definition) is 3. The molecule has 1 aromatic rings. The highest BCUT2D eigenvalue weighted by molar-refractivity contribution is 5.99. The Kier molecular flexibility index (Phi) is 4.69. The van der Waals surface area contributed by atoms with Gasteiger partial charge in [0.1, 0.15) is 5.82 Å². The molecule has 3 N–H and O–H groups in total. The summed E-state index contributed by atoms with van der Waals surface area (Å²) in [7, 11) is 0. The fourth-order valence-corrected chi connectivity index (χ4v) is 0.735. The first-order valence-electron chi connectivity index (χ1n) is 3.98. The zero-order chi connectivity index (χ0) is 9.56. The van der Waals surface area contributed by atoms with Crippen LogP contribution in [0.15, 0.2) is 18.3 Å². The standard InChI is InChI=1S/C7H9N3.C2H6.H2/c1-5(8)6-3-2-4-10-7(6)9;1-2;/h2-4,8H,1H3,(H2,9,10);1-2H3;1H. The predicted octanol–water partition coefficient (Wildman–Crippen LogP) is 2.32. The van der Waals surface area contributed by atoms with Crippen molar-refractivity contribution in [1.82, 2.24) is 4.98 Å². The molecular formula is C9H17N3. The normalized spacial score (nSPS) is 8.25. The van der Waals surface area contributed by atoms with E-state index in [0.717, 1.165) is 0 Å². The van der Waals surface area contributed by atoms with Gasteiger partial charge in [0.25, 0.3) is 0 Å². The molecule has 0 unspecified atom stereocenters. The van der Waals surface area contributed by atoms with E-state index in [9.17, 15) is 0 Å². The van der Waals surface area contributed by atoms with E-state index < -0.39 is 0 Å². The molecule has 0 aromatic carbocycles. The quantitative estimate of drug-likeness (QED) is 0.630. The molecule has 0 aliphatic carbocycles. The topological polar surface area (TPSA) is 62.8 Å². The summed E-state index contributed by atoms with van der Waals surface area (Å²) in [6.45, 7) is 5.69. The molecule has 68 valence electrons. The summed E-state index contributed by atoms with van der Waals surface area (Å²) in [5.41, 5.74) is 6.63. The van der Waals surface area contributed by atoms with E-state index in [0.29, 0.717) is 17.1 Å². The summed E-state index contributed by atoms with van der Waals surface area (Å²) in [5.74, 6) is 0.426. The highest BCUT2D eigenvalue weighted by Gasteiger charge is 1.98. The highest BCUT2D eigenvalue weighted by atomic mass is 14.8. The number of anilines is 1. The van der Waals surface area contributed by atoms with Gasteiger partial charge in [0, 0.05) is 18.9 Å². The molecule has 0 saturated carbocycles. The van der Waals surface area contributed by atoms with Crippen LogP contribution in [-0.2, 0) is 0 Å². The van der Waals surface area contributed by atoms with Crippen LogP contribution in [0.4, 0.5) is 5.82 Å². The van der Waals surface area contributed by atoms with Gasteiger partial charge in [0.05, 0.1) is 0 Å². The van der Waals surface area contributed by atoms with Crippen LogP contribution >= 0.6 is 0 Å². The second-order valence-electron chi connectivity index (χ2n) is 2.06. The van der Waals surface area contributed by atoms with E-state index >= 15 is 0 Å². The summed E-state index contributed by atoms with van der Waals surface area (Å²) in [6, 6.07) is 3.55. The third-order valence-corrected chi connectivity index (χ3v) is 1.24. The Bertz CT molecular complexity index is 261. The van der Waals surface area contributed by atoms with Crippen molar-refractivity contribution in [3.8, 4) is 0 Å². The van der Waals surface area contributed by atoms with E-state index in [1.165, 1.54) is 0 Å². The minimum Gasteiger partial charge on any atom is -0.383 e. The molecular weight excluding hydrogens is 150 g/mol. The number of nitrogens with one attached hydrogen (secondary N) is 1. The van der Waals surface area contributed by atoms with Crippen molar-refractivity contribution < 1.29 is 1.43 Å². The van der Waals surface area contributed by atoms with Crippen LogP contribution in [0.25, 0.3) is 0 Å². The zero-order valence-electron chi connectivity index (χ0n) is 7.76. The lowest BCUT2D eigenvalue weighted by Gasteiger charge is -1.99. The Labute approximate surface area is 74.6 Å². The van der Waals surface area contributed by atoms with Gasteiger partial charge in [0.15, 0.2) is 0 Å². The lowest BCUT2D eigenvalue weighted by Crippen LogP contribution is -2.00. The molecule has 0 saturated heterocycles. The van der Waals surface area contributed by atoms with E-state index in [2.05, 4.69) is 4.98 Å². The molecule has 0 aliphatic rings. The van der Waals surface area contributed by atoms with E-state index in [1.54, 1.807) is 25.3 Å². The van der Waals surface area contributed by atoms with Gasteiger partial charge in [-0.05, 0) is 19.1 Å². The third kappa shape index (κ3) is 2.70. The van der Waals surface area contributed by atoms with E-state index in [4.69, 9.17) is 11.1 Å². The Morgan fingerprint density at radius 3 is 2.50 bits per heavy atom. The van der Waals surface area contributed by atoms with Crippen molar-refractivity contribution in [3.05, 3.63) is 23.9 Å². The second kappa shape index (κ2) is 5.29. The zero-order valence-corrected chi connectivity index (χ0v) is 7.76. The molecule has 0 radical (unpaired) electrons. The molecule has 3 nitrogen and oxygen atoms in total. The molecule has 0 atom stereocenters. The molecule has 0 aliphatic heterocycles. The Morgan fingerprint density at radius 2 is 2.17 bits per heavy atom. The van der Waals surface area contributed by atoms with Gasteiger partial charge in [0.2, 0.25) is 0 Å². The maximum absolute atomic E-state index is 7.26. The number of nitrogen functional groups attached to an aromatic ring is 1. The van der Waals surface area contributed by atoms with Gasteiger partial charge in [-0.2, -0.15) is 0 Å². The van der Waals surface area contributed by atoms with Gasteiger partial charge in [-0.3, -0.25) is 0 Å². The number of nitrogens with zero attached hydrogens (tertiary/aromatic N) is 1. The maximum Gasteiger partial charge on any atom is 0.132 e. The number of aromatic nitrogens is 1. The first-order valence-corrected chi connectivity index (χ1v) is 3.98. The monoisotopic (exact) mass is 167 g/mol. The van der Waals surface area contributed by atoms with Crippen molar-refractivity contribution in [1.29, 1.82) is 5.41 Å². The Morgan fingerprint density at radius 1 is 1.58 bits per heavy atom. The molecule has 0 fully saturated rings. The lowest BCUT2D eigenvalue weighted by atomic mass is 10.2. The van der Waals surface area contributed by atoms with E-state index in [-0.39, 0.29) is 1.43 Å². The summed E-state index contributed by atoms with van der Waals surface area (Å²) in [4.78, 5) is 3.84. The summed E-state index contributed by atoms with van der Waals surface area (Å²) in [6.07, 6.45) is 1.61. The van der Waals surface area contributed by atoms with Crippen LogP contribution < -0.4 is 5.73 Å². The molecule has 0 bridgehead atoms. The molecule has 0 spiro atoms. The van der Waals surface area contributed by atoms with Gasteiger partial charge in [-0.1, -0.05) is 13.8 Å². The largest absolute Gasteiger partial charge is 0.383 e. The first-order chi connectivity index (χ1) is 5.72. The number of pyridine rings is 1.